The third kappa shape index (κ3) is 5.26. The normalized spacial score (nSPS) is 18.4. The van der Waals surface area contributed by atoms with Crippen LogP contribution in [-0.2, 0) is 20.8 Å². The molecule has 4 rings (SSSR count). The van der Waals surface area contributed by atoms with E-state index in [0.29, 0.717) is 38.4 Å². The van der Waals surface area contributed by atoms with Gasteiger partial charge >= 0.3 is 5.97 Å². The van der Waals surface area contributed by atoms with Gasteiger partial charge in [-0.3, -0.25) is 9.69 Å². The Balaban J connectivity index is 1.23. The van der Waals surface area contributed by atoms with E-state index in [4.69, 9.17) is 9.47 Å². The highest BCUT2D eigenvalue weighted by Gasteiger charge is 2.23. The third-order valence-electron chi connectivity index (χ3n) is 6.25. The van der Waals surface area contributed by atoms with Crippen molar-refractivity contribution in [2.24, 2.45) is 0 Å². The zero-order chi connectivity index (χ0) is 21.6. The lowest BCUT2D eigenvalue weighted by Gasteiger charge is -2.36. The predicted octanol–water partition coefficient (Wildman–Crippen LogP) is 1.29. The Kier molecular flexibility index (Phi) is 7.21. The van der Waals surface area contributed by atoms with Crippen LogP contribution in [0, 0.1) is 0 Å². The molecule has 0 unspecified atom stereocenters. The predicted molar refractivity (Wildman–Crippen MR) is 118 cm³/mol. The molecule has 0 atom stereocenters. The molecule has 0 spiro atoms. The molecule has 2 aliphatic rings. The molecule has 3 heterocycles. The van der Waals surface area contributed by atoms with Crippen molar-refractivity contribution in [2.45, 2.75) is 13.0 Å². The Morgan fingerprint density at radius 1 is 0.968 bits per heavy atom. The van der Waals surface area contributed by atoms with Crippen molar-refractivity contribution in [1.82, 2.24) is 19.3 Å². The van der Waals surface area contributed by atoms with E-state index in [2.05, 4.69) is 14.4 Å². The second-order valence-corrected chi connectivity index (χ2v) is 8.21. The van der Waals surface area contributed by atoms with Crippen LogP contribution in [0.25, 0.3) is 10.9 Å². The largest absolute Gasteiger partial charge is 0.465 e. The number of hydrogen-bond donors (Lipinski definition) is 0. The fraction of sp³-hybridized carbons (Fsp3) is 0.565. The topological polar surface area (TPSA) is 67.2 Å². The number of ether oxygens (including phenoxy) is 2. The smallest absolute Gasteiger partial charge is 0.340 e. The summed E-state index contributed by atoms with van der Waals surface area (Å²) in [5.41, 5.74) is 1.69. The van der Waals surface area contributed by atoms with Gasteiger partial charge in [-0.2, -0.15) is 0 Å². The number of carbonyl (C=O) groups excluding carboxylic acids is 2. The van der Waals surface area contributed by atoms with Gasteiger partial charge in [0.1, 0.15) is 0 Å². The molecule has 1 amide bonds. The van der Waals surface area contributed by atoms with Crippen molar-refractivity contribution in [3.05, 3.63) is 36.0 Å². The number of aromatic nitrogens is 1. The molecule has 8 heteroatoms. The third-order valence-corrected chi connectivity index (χ3v) is 6.25. The van der Waals surface area contributed by atoms with Crippen LogP contribution < -0.4 is 0 Å². The van der Waals surface area contributed by atoms with Crippen LogP contribution in [0.4, 0.5) is 0 Å². The summed E-state index contributed by atoms with van der Waals surface area (Å²) < 4.78 is 12.4. The molecule has 0 saturated carbocycles. The number of hydrogen-bond acceptors (Lipinski definition) is 6. The van der Waals surface area contributed by atoms with Gasteiger partial charge in [0.2, 0.25) is 5.91 Å². The van der Waals surface area contributed by atoms with Gasteiger partial charge < -0.3 is 23.8 Å². The van der Waals surface area contributed by atoms with Crippen LogP contribution >= 0.6 is 0 Å². The van der Waals surface area contributed by atoms with Gasteiger partial charge in [0, 0.05) is 62.9 Å². The van der Waals surface area contributed by atoms with Gasteiger partial charge in [-0.05, 0) is 19.0 Å². The highest BCUT2D eigenvalue weighted by Crippen LogP contribution is 2.22. The standard InChI is InChI=1S/C23H32N4O4/c1-30-23(29)20-17-27(21-6-3-2-5-19(20)21)8-4-7-24-9-11-25(12-10-24)18-22(28)26-13-15-31-16-14-26/h2-3,5-6,17H,4,7-16,18H2,1H3. The van der Waals surface area contributed by atoms with Crippen molar-refractivity contribution in [3.63, 3.8) is 0 Å². The number of morpholine rings is 1. The first kappa shape index (κ1) is 21.8. The second kappa shape index (κ2) is 10.3. The summed E-state index contributed by atoms with van der Waals surface area (Å²) >= 11 is 0. The zero-order valence-corrected chi connectivity index (χ0v) is 18.3. The summed E-state index contributed by atoms with van der Waals surface area (Å²) in [7, 11) is 1.42. The fourth-order valence-corrected chi connectivity index (χ4v) is 4.44. The number of esters is 1. The van der Waals surface area contributed by atoms with Crippen molar-refractivity contribution >= 4 is 22.8 Å². The summed E-state index contributed by atoms with van der Waals surface area (Å²) in [4.78, 5) is 31.2. The average molecular weight is 429 g/mol. The van der Waals surface area contributed by atoms with Gasteiger partial charge in [-0.25, -0.2) is 4.79 Å². The van der Waals surface area contributed by atoms with E-state index in [1.807, 2.05) is 35.4 Å². The molecule has 0 aliphatic carbocycles. The van der Waals surface area contributed by atoms with Crippen LogP contribution in [0.15, 0.2) is 30.5 Å². The first-order chi connectivity index (χ1) is 15.2. The fourth-order valence-electron chi connectivity index (χ4n) is 4.44. The lowest BCUT2D eigenvalue weighted by Crippen LogP contribution is -2.51. The molecule has 31 heavy (non-hydrogen) atoms. The van der Waals surface area contributed by atoms with E-state index >= 15 is 0 Å². The molecule has 2 aromatic rings. The molecule has 1 aromatic heterocycles. The number of rotatable bonds is 7. The Labute approximate surface area is 183 Å². The highest BCUT2D eigenvalue weighted by atomic mass is 16.5. The molecule has 0 N–H and O–H groups in total. The summed E-state index contributed by atoms with van der Waals surface area (Å²) in [5, 5.41) is 0.938. The minimum atomic E-state index is -0.294. The zero-order valence-electron chi connectivity index (χ0n) is 18.3. The lowest BCUT2D eigenvalue weighted by molar-refractivity contribution is -0.136. The van der Waals surface area contributed by atoms with E-state index in [9.17, 15) is 9.59 Å². The van der Waals surface area contributed by atoms with Crippen LogP contribution in [0.3, 0.4) is 0 Å². The molecule has 2 aliphatic heterocycles. The maximum absolute atomic E-state index is 12.4. The Bertz CT molecular complexity index is 898. The van der Waals surface area contributed by atoms with E-state index in [-0.39, 0.29) is 11.9 Å². The molecule has 8 nitrogen and oxygen atoms in total. The minimum Gasteiger partial charge on any atom is -0.465 e. The molecule has 1 aromatic carbocycles. The quantitative estimate of drug-likeness (QED) is 0.620. The van der Waals surface area contributed by atoms with Gasteiger partial charge in [-0.15, -0.1) is 0 Å². The SMILES string of the molecule is COC(=O)c1cn(CCCN2CCN(CC(=O)N3CCOCC3)CC2)c2ccccc12. The Morgan fingerprint density at radius 2 is 1.68 bits per heavy atom. The van der Waals surface area contributed by atoms with Gasteiger partial charge in [0.15, 0.2) is 0 Å². The number of aryl methyl sites for hydroxylation is 1. The van der Waals surface area contributed by atoms with E-state index in [1.54, 1.807) is 0 Å². The summed E-state index contributed by atoms with van der Waals surface area (Å²) in [6, 6.07) is 7.96. The first-order valence-electron chi connectivity index (χ1n) is 11.1. The molecule has 2 saturated heterocycles. The monoisotopic (exact) mass is 428 g/mol. The van der Waals surface area contributed by atoms with Crippen LogP contribution in [0.5, 0.6) is 0 Å². The number of nitrogens with zero attached hydrogens (tertiary/aromatic N) is 4. The number of amides is 1. The van der Waals surface area contributed by atoms with Crippen molar-refractivity contribution in [3.8, 4) is 0 Å². The summed E-state index contributed by atoms with van der Waals surface area (Å²) in [6.07, 6.45) is 2.91. The van der Waals surface area contributed by atoms with Gasteiger partial charge in [0.25, 0.3) is 0 Å². The molecule has 0 radical (unpaired) electrons. The lowest BCUT2D eigenvalue weighted by atomic mass is 10.2. The van der Waals surface area contributed by atoms with E-state index in [1.165, 1.54) is 7.11 Å². The maximum Gasteiger partial charge on any atom is 0.340 e. The molecule has 0 bridgehead atoms. The number of fused-ring (bicyclic) bond motifs is 1. The van der Waals surface area contributed by atoms with Crippen LogP contribution in [0.1, 0.15) is 16.8 Å². The van der Waals surface area contributed by atoms with Crippen molar-refractivity contribution in [1.29, 1.82) is 0 Å². The van der Waals surface area contributed by atoms with E-state index < -0.39 is 0 Å². The number of para-hydroxylation sites is 1. The van der Waals surface area contributed by atoms with Gasteiger partial charge in [-0.1, -0.05) is 18.2 Å². The Hall–Kier alpha value is -2.42. The van der Waals surface area contributed by atoms with Crippen LogP contribution in [-0.4, -0.2) is 104 Å². The van der Waals surface area contributed by atoms with Crippen LogP contribution in [0.2, 0.25) is 0 Å². The molecule has 2 fully saturated rings. The summed E-state index contributed by atoms with van der Waals surface area (Å²) in [5.74, 6) is -0.0738. The number of carbonyl (C=O) groups is 2. The summed E-state index contributed by atoms with van der Waals surface area (Å²) in [6.45, 7) is 8.92. The second-order valence-electron chi connectivity index (χ2n) is 8.21. The minimum absolute atomic E-state index is 0.220. The molecular formula is C23H32N4O4. The Morgan fingerprint density at radius 3 is 2.42 bits per heavy atom. The van der Waals surface area contributed by atoms with E-state index in [0.717, 1.165) is 56.6 Å². The van der Waals surface area contributed by atoms with Gasteiger partial charge in [0.05, 0.1) is 32.4 Å². The molecule has 168 valence electrons. The molecular weight excluding hydrogens is 396 g/mol. The van der Waals surface area contributed by atoms with Crippen molar-refractivity contribution in [2.75, 3.05) is 72.7 Å². The number of piperazine rings is 1. The van der Waals surface area contributed by atoms with Crippen molar-refractivity contribution < 1.29 is 19.1 Å². The maximum atomic E-state index is 12.4. The highest BCUT2D eigenvalue weighted by molar-refractivity contribution is 6.04. The number of benzene rings is 1. The number of methoxy groups -OCH3 is 1. The first-order valence-corrected chi connectivity index (χ1v) is 11.1. The average Bonchev–Trinajstić information content (AvgIpc) is 3.19.